The van der Waals surface area contributed by atoms with Gasteiger partial charge in [-0.1, -0.05) is 12.1 Å². The van der Waals surface area contributed by atoms with Gasteiger partial charge in [-0.3, -0.25) is 14.8 Å². The zero-order valence-electron chi connectivity index (χ0n) is 22.9. The van der Waals surface area contributed by atoms with Crippen molar-refractivity contribution in [1.29, 1.82) is 0 Å². The topological polar surface area (TPSA) is 89.4 Å². The molecule has 3 N–H and O–H groups in total. The first kappa shape index (κ1) is 26.6. The highest BCUT2D eigenvalue weighted by molar-refractivity contribution is 5.97. The lowest BCUT2D eigenvalue weighted by Gasteiger charge is -2.28. The molecule has 1 unspecified atom stereocenters. The van der Waals surface area contributed by atoms with Crippen LogP contribution in [0.3, 0.4) is 0 Å². The highest BCUT2D eigenvalue weighted by Gasteiger charge is 2.22. The Bertz CT molecular complexity index is 1450. The Morgan fingerprint density at radius 2 is 1.84 bits per heavy atom. The second kappa shape index (κ2) is 10.9. The van der Waals surface area contributed by atoms with E-state index in [1.807, 2.05) is 50.8 Å². The second-order valence-electron chi connectivity index (χ2n) is 10.0. The van der Waals surface area contributed by atoms with Crippen molar-refractivity contribution in [1.82, 2.24) is 25.0 Å². The summed E-state index contributed by atoms with van der Waals surface area (Å²) in [6, 6.07) is 12.6. The molecule has 2 heterocycles. The molecule has 8 heteroatoms. The van der Waals surface area contributed by atoms with Gasteiger partial charge in [0.05, 0.1) is 17.4 Å². The summed E-state index contributed by atoms with van der Waals surface area (Å²) < 4.78 is 1.83. The van der Waals surface area contributed by atoms with Gasteiger partial charge in [0.25, 0.3) is 5.56 Å². The number of anilines is 2. The van der Waals surface area contributed by atoms with Crippen molar-refractivity contribution in [3.05, 3.63) is 86.5 Å². The molecule has 196 valence electrons. The van der Waals surface area contributed by atoms with Crippen molar-refractivity contribution < 1.29 is 5.11 Å². The number of hydrogen-bond acceptors (Lipinski definition) is 6. The van der Waals surface area contributed by atoms with Crippen molar-refractivity contribution in [2.45, 2.75) is 47.0 Å². The minimum Gasteiger partial charge on any atom is -0.374 e. The number of hydrogen-bond donors (Lipinski definition) is 3. The molecule has 2 aromatic heterocycles. The van der Waals surface area contributed by atoms with Gasteiger partial charge in [-0.25, -0.2) is 0 Å². The van der Waals surface area contributed by atoms with E-state index in [0.717, 1.165) is 57.8 Å². The van der Waals surface area contributed by atoms with Crippen molar-refractivity contribution >= 4 is 22.3 Å². The van der Waals surface area contributed by atoms with Gasteiger partial charge in [-0.2, -0.15) is 5.10 Å². The molecular formula is C29H38N6O2. The zero-order valence-corrected chi connectivity index (χ0v) is 22.9. The van der Waals surface area contributed by atoms with E-state index < -0.39 is 6.23 Å². The van der Waals surface area contributed by atoms with Gasteiger partial charge in [0.15, 0.2) is 0 Å². The molecule has 0 bridgehead atoms. The summed E-state index contributed by atoms with van der Waals surface area (Å²) >= 11 is 0. The molecule has 0 aliphatic carbocycles. The van der Waals surface area contributed by atoms with Gasteiger partial charge in [-0.05, 0) is 82.7 Å². The summed E-state index contributed by atoms with van der Waals surface area (Å²) in [5.41, 5.74) is 8.23. The van der Waals surface area contributed by atoms with Crippen molar-refractivity contribution in [2.75, 3.05) is 25.5 Å². The van der Waals surface area contributed by atoms with Crippen molar-refractivity contribution in [2.24, 2.45) is 7.05 Å². The number of H-pyrrole nitrogens is 1. The van der Waals surface area contributed by atoms with Gasteiger partial charge in [0.2, 0.25) is 0 Å². The molecule has 0 fully saturated rings. The van der Waals surface area contributed by atoms with E-state index in [1.165, 1.54) is 5.56 Å². The highest BCUT2D eigenvalue weighted by Crippen LogP contribution is 2.38. The quantitative estimate of drug-likeness (QED) is 0.298. The Balaban J connectivity index is 1.73. The fourth-order valence-electron chi connectivity index (χ4n) is 5.05. The van der Waals surface area contributed by atoms with Crippen LogP contribution in [0.4, 0.5) is 11.4 Å². The van der Waals surface area contributed by atoms with E-state index in [2.05, 4.69) is 70.5 Å². The van der Waals surface area contributed by atoms with Crippen LogP contribution in [0.2, 0.25) is 0 Å². The minimum atomic E-state index is -0.959. The highest BCUT2D eigenvalue weighted by atomic mass is 16.3. The number of aliphatic hydroxyl groups is 1. The summed E-state index contributed by atoms with van der Waals surface area (Å²) in [5, 5.41) is 20.0. The average Bonchev–Trinajstić information content (AvgIpc) is 3.20. The summed E-state index contributed by atoms with van der Waals surface area (Å²) in [4.78, 5) is 19.8. The summed E-state index contributed by atoms with van der Waals surface area (Å²) in [6.45, 7) is 9.84. The molecule has 0 amide bonds. The van der Waals surface area contributed by atoms with E-state index in [-0.39, 0.29) is 12.1 Å². The lowest BCUT2D eigenvalue weighted by atomic mass is 9.99. The van der Waals surface area contributed by atoms with Crippen molar-refractivity contribution in [3.63, 3.8) is 0 Å². The van der Waals surface area contributed by atoms with Crippen LogP contribution in [-0.2, 0) is 20.1 Å². The number of aliphatic hydroxyl groups excluding tert-OH is 1. The molecule has 8 nitrogen and oxygen atoms in total. The van der Waals surface area contributed by atoms with Gasteiger partial charge in [-0.15, -0.1) is 0 Å². The number of pyridine rings is 1. The number of aryl methyl sites for hydroxylation is 3. The largest absolute Gasteiger partial charge is 0.374 e. The Morgan fingerprint density at radius 1 is 1.14 bits per heavy atom. The van der Waals surface area contributed by atoms with E-state index in [1.54, 1.807) is 0 Å². The van der Waals surface area contributed by atoms with Crippen LogP contribution in [0, 0.1) is 20.8 Å². The number of aromatic amines is 1. The first-order valence-corrected chi connectivity index (χ1v) is 12.7. The third-order valence-electron chi connectivity index (χ3n) is 6.91. The maximum atomic E-state index is 12.5. The molecule has 4 aromatic rings. The standard InChI is InChI=1S/C29H38N6O2/c1-8-35(22-11-9-21(10-12-22)17-33(5)6)27-20(4)23(14-26-25(27)16-31-34(26)7)28(36)30-15-24-18(2)13-19(3)32-29(24)37/h9-14,16,28,30,36H,8,15,17H2,1-7H3,(H,32,37). The number of fused-ring (bicyclic) bond motifs is 1. The molecule has 0 aliphatic heterocycles. The third-order valence-corrected chi connectivity index (χ3v) is 6.91. The molecular weight excluding hydrogens is 464 g/mol. The normalized spacial score (nSPS) is 12.5. The van der Waals surface area contributed by atoms with E-state index in [4.69, 9.17) is 0 Å². The first-order chi connectivity index (χ1) is 17.6. The summed E-state index contributed by atoms with van der Waals surface area (Å²) in [5.74, 6) is 0. The van der Waals surface area contributed by atoms with Gasteiger partial charge in [0, 0.05) is 54.6 Å². The average molecular weight is 503 g/mol. The number of benzene rings is 2. The maximum absolute atomic E-state index is 12.5. The molecule has 1 atom stereocenters. The second-order valence-corrected chi connectivity index (χ2v) is 10.0. The SMILES string of the molecule is CCN(c1ccc(CN(C)C)cc1)c1c(C)c(C(O)NCc2c(C)cc(C)[nH]c2=O)cc2c1cnn2C. The lowest BCUT2D eigenvalue weighted by molar-refractivity contribution is 0.136. The Morgan fingerprint density at radius 3 is 2.46 bits per heavy atom. The van der Waals surface area contributed by atoms with Gasteiger partial charge in [0.1, 0.15) is 6.23 Å². The smallest absolute Gasteiger partial charge is 0.252 e. The maximum Gasteiger partial charge on any atom is 0.252 e. The lowest BCUT2D eigenvalue weighted by Crippen LogP contribution is -2.27. The fourth-order valence-corrected chi connectivity index (χ4v) is 5.05. The van der Waals surface area contributed by atoms with Crippen LogP contribution in [0.15, 0.2) is 47.4 Å². The zero-order chi connectivity index (χ0) is 26.9. The summed E-state index contributed by atoms with van der Waals surface area (Å²) in [6.07, 6.45) is 0.929. The number of nitrogens with zero attached hydrogens (tertiary/aromatic N) is 4. The molecule has 0 spiro atoms. The van der Waals surface area contributed by atoms with E-state index in [9.17, 15) is 9.90 Å². The van der Waals surface area contributed by atoms with Crippen molar-refractivity contribution in [3.8, 4) is 0 Å². The van der Waals surface area contributed by atoms with Crippen LogP contribution in [0.1, 0.15) is 46.7 Å². The predicted molar refractivity (Wildman–Crippen MR) is 150 cm³/mol. The minimum absolute atomic E-state index is 0.133. The number of aromatic nitrogens is 3. The Hall–Kier alpha value is -3.46. The van der Waals surface area contributed by atoms with Crippen LogP contribution >= 0.6 is 0 Å². The molecule has 0 saturated heterocycles. The molecule has 2 aromatic carbocycles. The Kier molecular flexibility index (Phi) is 7.82. The van der Waals surface area contributed by atoms with Gasteiger partial charge < -0.3 is 19.9 Å². The molecule has 0 saturated carbocycles. The van der Waals surface area contributed by atoms with E-state index in [0.29, 0.717) is 5.56 Å². The van der Waals surface area contributed by atoms with E-state index >= 15 is 0 Å². The molecule has 0 aliphatic rings. The number of nitrogens with one attached hydrogen (secondary N) is 2. The Labute approximate surface area is 218 Å². The van der Waals surface area contributed by atoms with Crippen LogP contribution in [0.5, 0.6) is 0 Å². The molecule has 37 heavy (non-hydrogen) atoms. The van der Waals surface area contributed by atoms with Crippen LogP contribution in [-0.4, -0.2) is 45.4 Å². The molecule has 0 radical (unpaired) electrons. The van der Waals surface area contributed by atoms with Crippen LogP contribution in [0.25, 0.3) is 10.9 Å². The number of rotatable bonds is 9. The monoisotopic (exact) mass is 502 g/mol. The van der Waals surface area contributed by atoms with Crippen LogP contribution < -0.4 is 15.8 Å². The fraction of sp³-hybridized carbons (Fsp3) is 0.379. The molecule has 4 rings (SSSR count). The first-order valence-electron chi connectivity index (χ1n) is 12.7. The summed E-state index contributed by atoms with van der Waals surface area (Å²) in [7, 11) is 6.04. The van der Waals surface area contributed by atoms with Gasteiger partial charge >= 0.3 is 0 Å². The third kappa shape index (κ3) is 5.46. The predicted octanol–water partition coefficient (Wildman–Crippen LogP) is 4.19.